The number of hydrogen-bond acceptors (Lipinski definition) is 4. The first kappa shape index (κ1) is 19.7. The van der Waals surface area contributed by atoms with Crippen molar-refractivity contribution < 1.29 is 19.4 Å². The SMILES string of the molecule is Cc1cc(C)c(C2=C(O)[C@]3(CC[C@H](OCc4ccccc4)CC3)OC2=O)c(C)c1. The van der Waals surface area contributed by atoms with Crippen molar-refractivity contribution in [3.63, 3.8) is 0 Å². The maximum absolute atomic E-state index is 12.8. The van der Waals surface area contributed by atoms with Gasteiger partial charge in [-0.3, -0.25) is 0 Å². The van der Waals surface area contributed by atoms with Gasteiger partial charge >= 0.3 is 5.97 Å². The van der Waals surface area contributed by atoms with Gasteiger partial charge < -0.3 is 14.6 Å². The first-order valence-electron chi connectivity index (χ1n) is 10.3. The smallest absolute Gasteiger partial charge is 0.343 e. The van der Waals surface area contributed by atoms with Gasteiger partial charge in [-0.1, -0.05) is 48.0 Å². The molecule has 2 aromatic rings. The van der Waals surface area contributed by atoms with E-state index in [0.29, 0.717) is 25.0 Å². The molecule has 4 rings (SSSR count). The van der Waals surface area contributed by atoms with E-state index >= 15 is 0 Å². The summed E-state index contributed by atoms with van der Waals surface area (Å²) in [5, 5.41) is 11.1. The second-order valence-electron chi connectivity index (χ2n) is 8.38. The van der Waals surface area contributed by atoms with Crippen LogP contribution in [0, 0.1) is 20.8 Å². The van der Waals surface area contributed by atoms with Gasteiger partial charge in [0.1, 0.15) is 5.57 Å². The lowest BCUT2D eigenvalue weighted by molar-refractivity contribution is -0.152. The van der Waals surface area contributed by atoms with Crippen LogP contribution in [0.3, 0.4) is 0 Å². The molecule has 0 unspecified atom stereocenters. The maximum atomic E-state index is 12.8. The quantitative estimate of drug-likeness (QED) is 0.714. The zero-order valence-electron chi connectivity index (χ0n) is 17.3. The van der Waals surface area contributed by atoms with Crippen LogP contribution in [0.2, 0.25) is 0 Å². The summed E-state index contributed by atoms with van der Waals surface area (Å²) in [6, 6.07) is 14.2. The van der Waals surface area contributed by atoms with E-state index in [4.69, 9.17) is 9.47 Å². The van der Waals surface area contributed by atoms with Gasteiger partial charge in [0, 0.05) is 0 Å². The monoisotopic (exact) mass is 392 g/mol. The van der Waals surface area contributed by atoms with Crippen LogP contribution >= 0.6 is 0 Å². The number of benzene rings is 2. The normalized spacial score (nSPS) is 24.2. The van der Waals surface area contributed by atoms with Crippen molar-refractivity contribution in [1.29, 1.82) is 0 Å². The van der Waals surface area contributed by atoms with Crippen molar-refractivity contribution in [1.82, 2.24) is 0 Å². The Labute approximate surface area is 172 Å². The molecule has 152 valence electrons. The van der Waals surface area contributed by atoms with Gasteiger partial charge in [0.15, 0.2) is 11.4 Å². The van der Waals surface area contributed by atoms with E-state index in [1.54, 1.807) is 0 Å². The zero-order valence-corrected chi connectivity index (χ0v) is 17.3. The minimum Gasteiger partial charge on any atom is -0.507 e. The summed E-state index contributed by atoms with van der Waals surface area (Å²) in [4.78, 5) is 12.8. The van der Waals surface area contributed by atoms with Crippen LogP contribution in [0.5, 0.6) is 0 Å². The lowest BCUT2D eigenvalue weighted by atomic mass is 9.80. The summed E-state index contributed by atoms with van der Waals surface area (Å²) in [6.07, 6.45) is 2.78. The van der Waals surface area contributed by atoms with Crippen LogP contribution in [0.1, 0.15) is 53.5 Å². The molecule has 0 atom stereocenters. The highest BCUT2D eigenvalue weighted by atomic mass is 16.6. The molecule has 1 heterocycles. The van der Waals surface area contributed by atoms with E-state index in [0.717, 1.165) is 40.7 Å². The fraction of sp³-hybridized carbons (Fsp3) is 0.400. The molecule has 1 fully saturated rings. The van der Waals surface area contributed by atoms with Crippen molar-refractivity contribution in [2.45, 2.75) is 64.8 Å². The molecule has 0 bridgehead atoms. The average Bonchev–Trinajstić information content (AvgIpc) is 2.92. The number of rotatable bonds is 4. The van der Waals surface area contributed by atoms with Gasteiger partial charge in [-0.05, 0) is 68.7 Å². The van der Waals surface area contributed by atoms with Crippen molar-refractivity contribution in [3.8, 4) is 0 Å². The molecule has 4 nitrogen and oxygen atoms in total. The Balaban J connectivity index is 1.51. The van der Waals surface area contributed by atoms with Gasteiger partial charge in [-0.15, -0.1) is 0 Å². The van der Waals surface area contributed by atoms with Gasteiger partial charge in [0.25, 0.3) is 0 Å². The van der Waals surface area contributed by atoms with E-state index in [1.165, 1.54) is 0 Å². The van der Waals surface area contributed by atoms with Crippen molar-refractivity contribution >= 4 is 11.5 Å². The topological polar surface area (TPSA) is 55.8 Å². The third-order valence-corrected chi connectivity index (χ3v) is 6.16. The number of aliphatic hydroxyl groups is 1. The largest absolute Gasteiger partial charge is 0.507 e. The minimum atomic E-state index is -0.900. The highest BCUT2D eigenvalue weighted by Gasteiger charge is 2.51. The van der Waals surface area contributed by atoms with E-state index < -0.39 is 11.6 Å². The summed E-state index contributed by atoms with van der Waals surface area (Å²) >= 11 is 0. The van der Waals surface area contributed by atoms with Gasteiger partial charge in [-0.25, -0.2) is 4.79 Å². The maximum Gasteiger partial charge on any atom is 0.343 e. The third kappa shape index (κ3) is 3.69. The highest BCUT2D eigenvalue weighted by molar-refractivity contribution is 6.20. The second kappa shape index (κ2) is 7.68. The molecule has 4 heteroatoms. The summed E-state index contributed by atoms with van der Waals surface area (Å²) in [7, 11) is 0. The number of aliphatic hydroxyl groups excluding tert-OH is 1. The van der Waals surface area contributed by atoms with E-state index in [2.05, 4.69) is 12.1 Å². The standard InChI is InChI=1S/C25H28O4/c1-16-13-17(2)21(18(3)14-16)22-23(26)25(29-24(22)27)11-9-20(10-12-25)28-15-19-7-5-4-6-8-19/h4-8,13-14,20,26H,9-12,15H2,1-3H3/t20-,25+. The molecule has 1 spiro atoms. The van der Waals surface area contributed by atoms with Crippen LogP contribution < -0.4 is 0 Å². The molecule has 1 aliphatic carbocycles. The van der Waals surface area contributed by atoms with Gasteiger partial charge in [0.2, 0.25) is 0 Å². The molecule has 0 saturated heterocycles. The molecule has 29 heavy (non-hydrogen) atoms. The van der Waals surface area contributed by atoms with Crippen LogP contribution in [-0.2, 0) is 20.9 Å². The van der Waals surface area contributed by atoms with Crippen LogP contribution in [0.25, 0.3) is 5.57 Å². The lowest BCUT2D eigenvalue weighted by Crippen LogP contribution is -2.39. The Hall–Kier alpha value is -2.59. The summed E-state index contributed by atoms with van der Waals surface area (Å²) in [5.41, 5.74) is 4.50. The molecular weight excluding hydrogens is 364 g/mol. The first-order chi connectivity index (χ1) is 13.9. The highest BCUT2D eigenvalue weighted by Crippen LogP contribution is 2.46. The van der Waals surface area contributed by atoms with Crippen LogP contribution in [0.4, 0.5) is 0 Å². The Morgan fingerprint density at radius 3 is 2.31 bits per heavy atom. The van der Waals surface area contributed by atoms with Crippen molar-refractivity contribution in [2.24, 2.45) is 0 Å². The molecule has 2 aromatic carbocycles. The Bertz CT molecular complexity index is 927. The number of carbonyl (C=O) groups is 1. The number of esters is 1. The van der Waals surface area contributed by atoms with Gasteiger partial charge in [0.05, 0.1) is 12.7 Å². The van der Waals surface area contributed by atoms with Crippen molar-refractivity contribution in [2.75, 3.05) is 0 Å². The fourth-order valence-electron chi connectivity index (χ4n) is 4.75. The number of ether oxygens (including phenoxy) is 2. The predicted octanol–water partition coefficient (Wildman–Crippen LogP) is 5.34. The summed E-state index contributed by atoms with van der Waals surface area (Å²) in [6.45, 7) is 6.56. The molecular formula is C25H28O4. The molecule has 1 aliphatic heterocycles. The van der Waals surface area contributed by atoms with E-state index in [9.17, 15) is 9.90 Å². The summed E-state index contributed by atoms with van der Waals surface area (Å²) in [5.74, 6) is -0.319. The van der Waals surface area contributed by atoms with Crippen LogP contribution in [0.15, 0.2) is 48.2 Å². The zero-order chi connectivity index (χ0) is 20.6. The average molecular weight is 392 g/mol. The molecule has 0 aromatic heterocycles. The molecule has 0 radical (unpaired) electrons. The molecule has 1 N–H and O–H groups in total. The first-order valence-corrected chi connectivity index (χ1v) is 10.3. The Morgan fingerprint density at radius 2 is 1.69 bits per heavy atom. The molecule has 0 amide bonds. The van der Waals surface area contributed by atoms with Crippen LogP contribution in [-0.4, -0.2) is 22.8 Å². The minimum absolute atomic E-state index is 0.0964. The Kier molecular flexibility index (Phi) is 5.22. The number of carbonyl (C=O) groups excluding carboxylic acids is 1. The van der Waals surface area contributed by atoms with Gasteiger partial charge in [-0.2, -0.15) is 0 Å². The molecule has 1 saturated carbocycles. The number of aryl methyl sites for hydroxylation is 3. The second-order valence-corrected chi connectivity index (χ2v) is 8.38. The Morgan fingerprint density at radius 1 is 1.07 bits per heavy atom. The van der Waals surface area contributed by atoms with E-state index in [-0.39, 0.29) is 11.9 Å². The fourth-order valence-corrected chi connectivity index (χ4v) is 4.75. The predicted molar refractivity (Wildman–Crippen MR) is 113 cm³/mol. The van der Waals surface area contributed by atoms with Crippen molar-refractivity contribution in [3.05, 3.63) is 76.0 Å². The van der Waals surface area contributed by atoms with E-state index in [1.807, 2.05) is 51.1 Å². The number of hydrogen-bond donors (Lipinski definition) is 1. The summed E-state index contributed by atoms with van der Waals surface area (Å²) < 4.78 is 11.9. The third-order valence-electron chi connectivity index (χ3n) is 6.16. The molecule has 2 aliphatic rings. The lowest BCUT2D eigenvalue weighted by Gasteiger charge is -2.35.